The molecule has 88 valence electrons. The van der Waals surface area contributed by atoms with E-state index >= 15 is 0 Å². The van der Waals surface area contributed by atoms with Crippen LogP contribution in [0.5, 0.6) is 0 Å². The summed E-state index contributed by atoms with van der Waals surface area (Å²) >= 11 is 0. The van der Waals surface area contributed by atoms with Gasteiger partial charge in [0, 0.05) is 6.54 Å². The van der Waals surface area contributed by atoms with E-state index < -0.39 is 18.0 Å². The van der Waals surface area contributed by atoms with Crippen molar-refractivity contribution in [2.75, 3.05) is 6.54 Å². The molecule has 0 saturated carbocycles. The normalized spacial score (nSPS) is 12.3. The Kier molecular flexibility index (Phi) is 6.49. The summed E-state index contributed by atoms with van der Waals surface area (Å²) in [5, 5.41) is 13.9. The lowest BCUT2D eigenvalue weighted by atomic mass is 10.1. The van der Waals surface area contributed by atoms with E-state index in [-0.39, 0.29) is 5.92 Å². The zero-order valence-corrected chi connectivity index (χ0v) is 9.54. The minimum absolute atomic E-state index is 0.126. The number of hydrogen-bond donors (Lipinski definition) is 3. The molecule has 0 heterocycles. The molecule has 0 saturated heterocycles. The van der Waals surface area contributed by atoms with Crippen molar-refractivity contribution in [2.45, 2.75) is 39.7 Å². The van der Waals surface area contributed by atoms with Crippen molar-refractivity contribution in [1.29, 1.82) is 0 Å². The summed E-state index contributed by atoms with van der Waals surface area (Å²) in [5.74, 6) is -1.13. The lowest BCUT2D eigenvalue weighted by Gasteiger charge is -2.18. The van der Waals surface area contributed by atoms with Gasteiger partial charge in [-0.3, -0.25) is 0 Å². The number of carboxylic acids is 1. The predicted octanol–water partition coefficient (Wildman–Crippen LogP) is 1.19. The number of rotatable bonds is 6. The Bertz CT molecular complexity index is 217. The van der Waals surface area contributed by atoms with Crippen molar-refractivity contribution in [3.63, 3.8) is 0 Å². The van der Waals surface area contributed by atoms with E-state index in [9.17, 15) is 9.59 Å². The second-order valence-corrected chi connectivity index (χ2v) is 3.81. The number of carbonyl (C=O) groups excluding carboxylic acids is 1. The monoisotopic (exact) mass is 216 g/mol. The van der Waals surface area contributed by atoms with Crippen LogP contribution in [0.4, 0.5) is 4.79 Å². The molecule has 0 aromatic heterocycles. The Balaban J connectivity index is 3.95. The van der Waals surface area contributed by atoms with Crippen LogP contribution in [-0.2, 0) is 4.79 Å². The van der Waals surface area contributed by atoms with Gasteiger partial charge >= 0.3 is 12.0 Å². The number of carboxylic acid groups (broad SMARTS) is 1. The first-order valence-corrected chi connectivity index (χ1v) is 5.26. The Hall–Kier alpha value is -1.26. The molecule has 3 N–H and O–H groups in total. The molecule has 0 aromatic carbocycles. The van der Waals surface area contributed by atoms with Crippen LogP contribution >= 0.6 is 0 Å². The van der Waals surface area contributed by atoms with Crippen molar-refractivity contribution in [3.05, 3.63) is 0 Å². The lowest BCUT2D eigenvalue weighted by Crippen LogP contribution is -2.48. The van der Waals surface area contributed by atoms with Crippen molar-refractivity contribution in [1.82, 2.24) is 10.6 Å². The molecule has 5 heteroatoms. The van der Waals surface area contributed by atoms with E-state index in [2.05, 4.69) is 10.6 Å². The molecule has 2 amide bonds. The van der Waals surface area contributed by atoms with E-state index in [1.165, 1.54) is 0 Å². The number of amides is 2. The maximum Gasteiger partial charge on any atom is 0.326 e. The van der Waals surface area contributed by atoms with Crippen molar-refractivity contribution < 1.29 is 14.7 Å². The molecule has 1 atom stereocenters. The summed E-state index contributed by atoms with van der Waals surface area (Å²) in [6, 6.07) is -1.24. The van der Waals surface area contributed by atoms with E-state index in [4.69, 9.17) is 5.11 Å². The standard InChI is InChI=1S/C10H20N2O3/c1-4-5-6-11-10(15)12-8(7(2)3)9(13)14/h7-8H,4-6H2,1-3H3,(H,13,14)(H2,11,12,15)/t8-/m0/s1. The third-order valence-corrected chi connectivity index (χ3v) is 2.04. The predicted molar refractivity (Wildman–Crippen MR) is 57.7 cm³/mol. The number of hydrogen-bond acceptors (Lipinski definition) is 2. The van der Waals surface area contributed by atoms with Crippen LogP contribution in [0.1, 0.15) is 33.6 Å². The summed E-state index contributed by atoms with van der Waals surface area (Å²) in [7, 11) is 0. The molecule has 0 fully saturated rings. The van der Waals surface area contributed by atoms with E-state index in [0.717, 1.165) is 12.8 Å². The average molecular weight is 216 g/mol. The van der Waals surface area contributed by atoms with Gasteiger partial charge in [0.05, 0.1) is 0 Å². The van der Waals surface area contributed by atoms with Crippen LogP contribution in [-0.4, -0.2) is 29.7 Å². The van der Waals surface area contributed by atoms with E-state index in [0.29, 0.717) is 6.54 Å². The molecule has 15 heavy (non-hydrogen) atoms. The fourth-order valence-electron chi connectivity index (χ4n) is 1.08. The average Bonchev–Trinajstić information content (AvgIpc) is 2.13. The highest BCUT2D eigenvalue weighted by atomic mass is 16.4. The Labute approximate surface area is 90.2 Å². The Morgan fingerprint density at radius 3 is 2.33 bits per heavy atom. The molecule has 0 aliphatic carbocycles. The highest BCUT2D eigenvalue weighted by Crippen LogP contribution is 2.01. The minimum Gasteiger partial charge on any atom is -0.480 e. The smallest absolute Gasteiger partial charge is 0.326 e. The maximum absolute atomic E-state index is 11.3. The number of unbranched alkanes of at least 4 members (excludes halogenated alkanes) is 1. The largest absolute Gasteiger partial charge is 0.480 e. The molecule has 0 radical (unpaired) electrons. The van der Waals surface area contributed by atoms with E-state index in [1.807, 2.05) is 6.92 Å². The first-order valence-electron chi connectivity index (χ1n) is 5.26. The van der Waals surface area contributed by atoms with Gasteiger partial charge in [0.25, 0.3) is 0 Å². The van der Waals surface area contributed by atoms with Crippen LogP contribution in [0.15, 0.2) is 0 Å². The van der Waals surface area contributed by atoms with Gasteiger partial charge in [0.2, 0.25) is 0 Å². The number of aliphatic carboxylic acids is 1. The molecule has 0 bridgehead atoms. The molecule has 0 rings (SSSR count). The minimum atomic E-state index is -1.00. The van der Waals surface area contributed by atoms with Crippen LogP contribution in [0.2, 0.25) is 0 Å². The quantitative estimate of drug-likeness (QED) is 0.584. The maximum atomic E-state index is 11.3. The van der Waals surface area contributed by atoms with Gasteiger partial charge in [-0.15, -0.1) is 0 Å². The summed E-state index contributed by atoms with van der Waals surface area (Å²) in [6.07, 6.45) is 1.89. The van der Waals surface area contributed by atoms with E-state index in [1.54, 1.807) is 13.8 Å². The van der Waals surface area contributed by atoms with Crippen LogP contribution in [0, 0.1) is 5.92 Å². The van der Waals surface area contributed by atoms with Gasteiger partial charge in [-0.25, -0.2) is 9.59 Å². The highest BCUT2D eigenvalue weighted by molar-refractivity contribution is 5.82. The Morgan fingerprint density at radius 2 is 1.93 bits per heavy atom. The summed E-state index contributed by atoms with van der Waals surface area (Å²) in [6.45, 7) is 6.11. The van der Waals surface area contributed by atoms with Gasteiger partial charge in [-0.2, -0.15) is 0 Å². The fourth-order valence-corrected chi connectivity index (χ4v) is 1.08. The molecule has 0 unspecified atom stereocenters. The number of nitrogens with one attached hydrogen (secondary N) is 2. The van der Waals surface area contributed by atoms with Crippen molar-refractivity contribution in [3.8, 4) is 0 Å². The van der Waals surface area contributed by atoms with Crippen LogP contribution in [0.3, 0.4) is 0 Å². The van der Waals surface area contributed by atoms with Gasteiger partial charge in [-0.1, -0.05) is 27.2 Å². The summed E-state index contributed by atoms with van der Waals surface area (Å²) in [4.78, 5) is 22.0. The van der Waals surface area contributed by atoms with Gasteiger partial charge in [0.1, 0.15) is 6.04 Å². The second kappa shape index (κ2) is 7.09. The molecule has 0 spiro atoms. The fraction of sp³-hybridized carbons (Fsp3) is 0.800. The molecule has 0 aromatic rings. The third kappa shape index (κ3) is 5.93. The van der Waals surface area contributed by atoms with Crippen molar-refractivity contribution >= 4 is 12.0 Å². The number of urea groups is 1. The zero-order valence-electron chi connectivity index (χ0n) is 9.54. The van der Waals surface area contributed by atoms with Gasteiger partial charge in [-0.05, 0) is 12.3 Å². The van der Waals surface area contributed by atoms with Crippen molar-refractivity contribution in [2.24, 2.45) is 5.92 Å². The molecular weight excluding hydrogens is 196 g/mol. The summed E-state index contributed by atoms with van der Waals surface area (Å²) in [5.41, 5.74) is 0. The Morgan fingerprint density at radius 1 is 1.33 bits per heavy atom. The summed E-state index contributed by atoms with van der Waals surface area (Å²) < 4.78 is 0. The van der Waals surface area contributed by atoms with Gasteiger partial charge in [0.15, 0.2) is 0 Å². The third-order valence-electron chi connectivity index (χ3n) is 2.04. The molecule has 0 aliphatic heterocycles. The molecule has 5 nitrogen and oxygen atoms in total. The van der Waals surface area contributed by atoms with Crippen LogP contribution in [0.25, 0.3) is 0 Å². The van der Waals surface area contributed by atoms with Gasteiger partial charge < -0.3 is 15.7 Å². The second-order valence-electron chi connectivity index (χ2n) is 3.81. The lowest BCUT2D eigenvalue weighted by molar-refractivity contribution is -0.140. The zero-order chi connectivity index (χ0) is 11.8. The molecular formula is C10H20N2O3. The SMILES string of the molecule is CCCCNC(=O)N[C@H](C(=O)O)C(C)C. The van der Waals surface area contributed by atoms with Crippen LogP contribution < -0.4 is 10.6 Å². The highest BCUT2D eigenvalue weighted by Gasteiger charge is 2.22. The first-order chi connectivity index (χ1) is 6.99. The topological polar surface area (TPSA) is 78.4 Å². The first kappa shape index (κ1) is 13.7. The number of carbonyl (C=O) groups is 2. The molecule has 0 aliphatic rings.